The summed E-state index contributed by atoms with van der Waals surface area (Å²) in [5, 5.41) is 2.27. The zero-order valence-corrected chi connectivity index (χ0v) is 8.52. The Morgan fingerprint density at radius 3 is 2.17 bits per heavy atom. The van der Waals surface area contributed by atoms with Crippen LogP contribution in [0.5, 0.6) is 0 Å². The summed E-state index contributed by atoms with van der Waals surface area (Å²) >= 11 is 3.69. The highest BCUT2D eigenvalue weighted by molar-refractivity contribution is 7.96. The van der Waals surface area contributed by atoms with Crippen molar-refractivity contribution in [3.05, 3.63) is 0 Å². The Hall–Kier alpha value is -0.510. The van der Waals surface area contributed by atoms with Crippen LogP contribution >= 0.6 is 12.6 Å². The average Bonchev–Trinajstić information content (AvgIpc) is 1.83. The SMILES string of the molecule is CC(=O)N[C@@H](CC(C)C)C(=O)S. The van der Waals surface area contributed by atoms with Crippen LogP contribution in [0.25, 0.3) is 0 Å². The molecule has 4 heteroatoms. The van der Waals surface area contributed by atoms with Crippen molar-refractivity contribution in [2.75, 3.05) is 0 Å². The second kappa shape index (κ2) is 5.19. The van der Waals surface area contributed by atoms with E-state index in [0.717, 1.165) is 0 Å². The number of nitrogens with one attached hydrogen (secondary N) is 1. The van der Waals surface area contributed by atoms with Gasteiger partial charge in [0.05, 0.1) is 6.04 Å². The fourth-order valence-corrected chi connectivity index (χ4v) is 1.11. The van der Waals surface area contributed by atoms with Gasteiger partial charge in [-0.15, -0.1) is 12.6 Å². The van der Waals surface area contributed by atoms with E-state index in [9.17, 15) is 9.59 Å². The van der Waals surface area contributed by atoms with Gasteiger partial charge in [0.2, 0.25) is 11.0 Å². The molecule has 0 spiro atoms. The van der Waals surface area contributed by atoms with Crippen LogP contribution in [0.15, 0.2) is 0 Å². The molecule has 0 saturated carbocycles. The van der Waals surface area contributed by atoms with Crippen LogP contribution in [-0.2, 0) is 9.59 Å². The quantitative estimate of drug-likeness (QED) is 0.648. The fraction of sp³-hybridized carbons (Fsp3) is 0.750. The molecule has 0 aromatic heterocycles. The lowest BCUT2D eigenvalue weighted by molar-refractivity contribution is -0.123. The molecule has 0 aromatic rings. The van der Waals surface area contributed by atoms with Gasteiger partial charge in [0, 0.05) is 6.92 Å². The van der Waals surface area contributed by atoms with E-state index in [1.165, 1.54) is 6.92 Å². The van der Waals surface area contributed by atoms with E-state index in [0.29, 0.717) is 12.3 Å². The molecule has 1 N–H and O–H groups in total. The summed E-state index contributed by atoms with van der Waals surface area (Å²) in [6.45, 7) is 5.38. The Morgan fingerprint density at radius 2 is 1.92 bits per heavy atom. The van der Waals surface area contributed by atoms with Crippen molar-refractivity contribution in [3.63, 3.8) is 0 Å². The summed E-state index contributed by atoms with van der Waals surface area (Å²) in [5.41, 5.74) is 0. The van der Waals surface area contributed by atoms with Gasteiger partial charge < -0.3 is 5.32 Å². The van der Waals surface area contributed by atoms with Crippen molar-refractivity contribution in [2.24, 2.45) is 5.92 Å². The van der Waals surface area contributed by atoms with Crippen LogP contribution in [-0.4, -0.2) is 17.1 Å². The van der Waals surface area contributed by atoms with Crippen LogP contribution in [0.1, 0.15) is 27.2 Å². The monoisotopic (exact) mass is 189 g/mol. The molecule has 0 aromatic carbocycles. The zero-order chi connectivity index (χ0) is 9.72. The molecule has 1 amide bonds. The number of carbonyl (C=O) groups excluding carboxylic acids is 2. The predicted molar refractivity (Wildman–Crippen MR) is 51.1 cm³/mol. The highest BCUT2D eigenvalue weighted by Crippen LogP contribution is 2.06. The van der Waals surface area contributed by atoms with E-state index in [-0.39, 0.29) is 11.0 Å². The molecule has 0 saturated heterocycles. The lowest BCUT2D eigenvalue weighted by Crippen LogP contribution is -2.38. The first-order valence-electron chi connectivity index (χ1n) is 3.93. The van der Waals surface area contributed by atoms with Gasteiger partial charge in [-0.2, -0.15) is 0 Å². The smallest absolute Gasteiger partial charge is 0.217 e. The Balaban J connectivity index is 4.04. The molecule has 0 aliphatic carbocycles. The van der Waals surface area contributed by atoms with E-state index in [2.05, 4.69) is 17.9 Å². The molecular formula is C8H15NO2S. The highest BCUT2D eigenvalue weighted by atomic mass is 32.1. The van der Waals surface area contributed by atoms with Crippen molar-refractivity contribution >= 4 is 23.7 Å². The van der Waals surface area contributed by atoms with Gasteiger partial charge in [0.25, 0.3) is 0 Å². The third-order valence-corrected chi connectivity index (χ3v) is 1.69. The van der Waals surface area contributed by atoms with E-state index in [1.54, 1.807) is 0 Å². The molecule has 0 unspecified atom stereocenters. The first-order valence-corrected chi connectivity index (χ1v) is 4.38. The third-order valence-electron chi connectivity index (χ3n) is 1.38. The van der Waals surface area contributed by atoms with Gasteiger partial charge in [-0.25, -0.2) is 0 Å². The normalized spacial score (nSPS) is 12.8. The lowest BCUT2D eigenvalue weighted by Gasteiger charge is -2.15. The standard InChI is InChI=1S/C8H15NO2S/c1-5(2)4-7(8(11)12)9-6(3)10/h5,7H,4H2,1-3H3,(H,9,10)(H,11,12)/t7-/m0/s1. The second-order valence-electron chi connectivity index (χ2n) is 3.22. The molecule has 0 fully saturated rings. The van der Waals surface area contributed by atoms with Crippen molar-refractivity contribution < 1.29 is 9.59 Å². The summed E-state index contributed by atoms with van der Waals surface area (Å²) < 4.78 is 0. The molecule has 1 atom stereocenters. The maximum Gasteiger partial charge on any atom is 0.217 e. The van der Waals surface area contributed by atoms with Gasteiger partial charge in [0.1, 0.15) is 0 Å². The summed E-state index contributed by atoms with van der Waals surface area (Å²) in [6.07, 6.45) is 0.641. The van der Waals surface area contributed by atoms with Crippen LogP contribution in [0.3, 0.4) is 0 Å². The topological polar surface area (TPSA) is 46.2 Å². The van der Waals surface area contributed by atoms with Gasteiger partial charge in [0.15, 0.2) is 0 Å². The Morgan fingerprint density at radius 1 is 1.42 bits per heavy atom. The number of hydrogen-bond acceptors (Lipinski definition) is 2. The molecule has 0 heterocycles. The van der Waals surface area contributed by atoms with E-state index in [1.807, 2.05) is 13.8 Å². The maximum atomic E-state index is 10.9. The van der Waals surface area contributed by atoms with Gasteiger partial charge in [-0.05, 0) is 12.3 Å². The van der Waals surface area contributed by atoms with E-state index >= 15 is 0 Å². The first kappa shape index (κ1) is 11.5. The lowest BCUT2D eigenvalue weighted by atomic mass is 10.0. The summed E-state index contributed by atoms with van der Waals surface area (Å²) in [6, 6.07) is -0.439. The number of hydrogen-bond donors (Lipinski definition) is 2. The summed E-state index contributed by atoms with van der Waals surface area (Å²) in [5.74, 6) is 0.181. The van der Waals surface area contributed by atoms with Gasteiger partial charge in [-0.1, -0.05) is 13.8 Å². The number of amides is 1. The van der Waals surface area contributed by atoms with Crippen molar-refractivity contribution in [3.8, 4) is 0 Å². The summed E-state index contributed by atoms with van der Waals surface area (Å²) in [7, 11) is 0. The van der Waals surface area contributed by atoms with Crippen LogP contribution in [0.2, 0.25) is 0 Å². The van der Waals surface area contributed by atoms with Crippen LogP contribution < -0.4 is 5.32 Å². The summed E-state index contributed by atoms with van der Waals surface area (Å²) in [4.78, 5) is 21.5. The minimum absolute atomic E-state index is 0.192. The van der Waals surface area contributed by atoms with Crippen LogP contribution in [0.4, 0.5) is 0 Å². The average molecular weight is 189 g/mol. The molecule has 0 radical (unpaired) electrons. The first-order chi connectivity index (χ1) is 5.43. The Bertz CT molecular complexity index is 180. The molecule has 0 aliphatic heterocycles. The third kappa shape index (κ3) is 5.18. The minimum atomic E-state index is -0.439. The molecule has 12 heavy (non-hydrogen) atoms. The van der Waals surface area contributed by atoms with Crippen molar-refractivity contribution in [1.82, 2.24) is 5.32 Å². The van der Waals surface area contributed by atoms with E-state index in [4.69, 9.17) is 0 Å². The maximum absolute atomic E-state index is 10.9. The zero-order valence-electron chi connectivity index (χ0n) is 7.63. The molecule has 0 bridgehead atoms. The Kier molecular flexibility index (Phi) is 4.97. The van der Waals surface area contributed by atoms with Crippen molar-refractivity contribution in [2.45, 2.75) is 33.2 Å². The molecule has 0 rings (SSSR count). The second-order valence-corrected chi connectivity index (χ2v) is 3.66. The molecular weight excluding hydrogens is 174 g/mol. The highest BCUT2D eigenvalue weighted by Gasteiger charge is 2.16. The molecule has 70 valence electrons. The fourth-order valence-electron chi connectivity index (χ4n) is 0.938. The van der Waals surface area contributed by atoms with Gasteiger partial charge in [-0.3, -0.25) is 9.59 Å². The molecule has 3 nitrogen and oxygen atoms in total. The predicted octanol–water partition coefficient (Wildman–Crippen LogP) is 0.994. The number of carbonyl (C=O) groups is 2. The largest absolute Gasteiger partial charge is 0.346 e. The van der Waals surface area contributed by atoms with Crippen molar-refractivity contribution in [1.29, 1.82) is 0 Å². The number of thiol groups is 1. The minimum Gasteiger partial charge on any atom is -0.346 e. The van der Waals surface area contributed by atoms with Crippen LogP contribution in [0, 0.1) is 5.92 Å². The van der Waals surface area contributed by atoms with E-state index < -0.39 is 6.04 Å². The van der Waals surface area contributed by atoms with Gasteiger partial charge >= 0.3 is 0 Å². The molecule has 0 aliphatic rings. The Labute approximate surface area is 78.3 Å². The number of rotatable bonds is 4.